The SMILES string of the molecule is C=C(C)C(=O)OCCNC(=O)N(C(C)C)C(C)N=C(N)N. The van der Waals surface area contributed by atoms with Gasteiger partial charge in [0.25, 0.3) is 0 Å². The summed E-state index contributed by atoms with van der Waals surface area (Å²) in [4.78, 5) is 28.7. The number of guanidine groups is 1. The molecule has 0 aliphatic rings. The van der Waals surface area contributed by atoms with Crippen LogP contribution < -0.4 is 16.8 Å². The van der Waals surface area contributed by atoms with E-state index in [2.05, 4.69) is 16.9 Å². The molecule has 2 amide bonds. The molecule has 21 heavy (non-hydrogen) atoms. The second-order valence-corrected chi connectivity index (χ2v) is 4.84. The standard InChI is InChI=1S/C13H25N5O3/c1-8(2)11(19)21-7-6-16-13(20)18(9(3)4)10(5)17-12(14)15/h9-10H,1,6-7H2,2-5H3,(H,16,20)(H4,14,15,17). The monoisotopic (exact) mass is 299 g/mol. The maximum atomic E-state index is 12.1. The highest BCUT2D eigenvalue weighted by molar-refractivity contribution is 5.86. The lowest BCUT2D eigenvalue weighted by molar-refractivity contribution is -0.138. The molecule has 0 saturated heterocycles. The lowest BCUT2D eigenvalue weighted by Crippen LogP contribution is -2.49. The summed E-state index contributed by atoms with van der Waals surface area (Å²) in [5, 5.41) is 2.64. The molecule has 0 aromatic carbocycles. The number of hydrogen-bond acceptors (Lipinski definition) is 4. The molecule has 0 radical (unpaired) electrons. The van der Waals surface area contributed by atoms with Crippen LogP contribution in [0.1, 0.15) is 27.7 Å². The lowest BCUT2D eigenvalue weighted by atomic mass is 10.3. The van der Waals surface area contributed by atoms with Gasteiger partial charge in [-0.3, -0.25) is 0 Å². The Balaban J connectivity index is 4.41. The molecule has 0 bridgehead atoms. The van der Waals surface area contributed by atoms with Crippen molar-refractivity contribution in [2.45, 2.75) is 39.9 Å². The molecule has 0 aliphatic heterocycles. The van der Waals surface area contributed by atoms with Crippen LogP contribution in [-0.4, -0.2) is 48.2 Å². The Kier molecular flexibility index (Phi) is 7.88. The fourth-order valence-corrected chi connectivity index (χ4v) is 1.63. The average molecular weight is 299 g/mol. The van der Waals surface area contributed by atoms with Crippen LogP contribution in [0.4, 0.5) is 4.79 Å². The van der Waals surface area contributed by atoms with Gasteiger partial charge in [0.1, 0.15) is 12.8 Å². The summed E-state index contributed by atoms with van der Waals surface area (Å²) in [6, 6.07) is -0.435. The van der Waals surface area contributed by atoms with Gasteiger partial charge in [0, 0.05) is 11.6 Å². The number of nitrogens with zero attached hydrogens (tertiary/aromatic N) is 2. The molecule has 0 rings (SSSR count). The molecule has 0 aliphatic carbocycles. The van der Waals surface area contributed by atoms with Gasteiger partial charge in [0.15, 0.2) is 5.96 Å². The van der Waals surface area contributed by atoms with Gasteiger partial charge in [0.2, 0.25) is 0 Å². The molecule has 5 N–H and O–H groups in total. The molecule has 1 atom stereocenters. The van der Waals surface area contributed by atoms with Crippen molar-refractivity contribution in [2.75, 3.05) is 13.2 Å². The van der Waals surface area contributed by atoms with Crippen LogP contribution in [0.15, 0.2) is 17.1 Å². The van der Waals surface area contributed by atoms with E-state index in [0.717, 1.165) is 0 Å². The number of hydrogen-bond donors (Lipinski definition) is 3. The van der Waals surface area contributed by atoms with E-state index in [1.165, 1.54) is 4.90 Å². The zero-order chi connectivity index (χ0) is 16.6. The molecule has 8 heteroatoms. The van der Waals surface area contributed by atoms with Crippen molar-refractivity contribution in [1.82, 2.24) is 10.2 Å². The summed E-state index contributed by atoms with van der Waals surface area (Å²) < 4.78 is 4.88. The lowest BCUT2D eigenvalue weighted by Gasteiger charge is -2.30. The fourth-order valence-electron chi connectivity index (χ4n) is 1.63. The summed E-state index contributed by atoms with van der Waals surface area (Å²) in [6.45, 7) is 10.7. The molecule has 0 aromatic heterocycles. The molecule has 0 aromatic rings. The summed E-state index contributed by atoms with van der Waals surface area (Å²) >= 11 is 0. The molecule has 0 fully saturated rings. The third-order valence-corrected chi connectivity index (χ3v) is 2.49. The van der Waals surface area contributed by atoms with Crippen molar-refractivity contribution in [2.24, 2.45) is 16.5 Å². The van der Waals surface area contributed by atoms with Crippen LogP contribution in [-0.2, 0) is 9.53 Å². The van der Waals surface area contributed by atoms with E-state index < -0.39 is 12.1 Å². The first-order chi connectivity index (χ1) is 9.66. The molecular formula is C13H25N5O3. The molecule has 0 saturated carbocycles. The molecular weight excluding hydrogens is 274 g/mol. The van der Waals surface area contributed by atoms with E-state index in [-0.39, 0.29) is 31.2 Å². The maximum absolute atomic E-state index is 12.1. The molecule has 8 nitrogen and oxygen atoms in total. The van der Waals surface area contributed by atoms with Gasteiger partial charge >= 0.3 is 12.0 Å². The first kappa shape index (κ1) is 18.8. The van der Waals surface area contributed by atoms with Crippen LogP contribution in [0.5, 0.6) is 0 Å². The Bertz CT molecular complexity index is 416. The van der Waals surface area contributed by atoms with Gasteiger partial charge in [-0.2, -0.15) is 0 Å². The van der Waals surface area contributed by atoms with Crippen LogP contribution in [0.3, 0.4) is 0 Å². The number of urea groups is 1. The largest absolute Gasteiger partial charge is 0.460 e. The van der Waals surface area contributed by atoms with Gasteiger partial charge in [-0.15, -0.1) is 0 Å². The first-order valence-corrected chi connectivity index (χ1v) is 6.64. The number of nitrogens with one attached hydrogen (secondary N) is 1. The zero-order valence-electron chi connectivity index (χ0n) is 13.0. The molecule has 0 spiro atoms. The number of carbonyl (C=O) groups is 2. The number of amides is 2. The summed E-state index contributed by atoms with van der Waals surface area (Å²) in [7, 11) is 0. The molecule has 1 unspecified atom stereocenters. The molecule has 120 valence electrons. The van der Waals surface area contributed by atoms with Crippen LogP contribution >= 0.6 is 0 Å². The van der Waals surface area contributed by atoms with Gasteiger partial charge in [-0.05, 0) is 27.7 Å². The quantitative estimate of drug-likeness (QED) is 0.203. The van der Waals surface area contributed by atoms with Crippen molar-refractivity contribution in [3.05, 3.63) is 12.2 Å². The Labute approximate surface area is 125 Å². The average Bonchev–Trinajstić information content (AvgIpc) is 2.32. The van der Waals surface area contributed by atoms with E-state index in [0.29, 0.717) is 5.57 Å². The fraction of sp³-hybridized carbons (Fsp3) is 0.615. The van der Waals surface area contributed by atoms with Gasteiger partial charge in [-0.25, -0.2) is 14.6 Å². The highest BCUT2D eigenvalue weighted by Crippen LogP contribution is 2.06. The minimum Gasteiger partial charge on any atom is -0.460 e. The van der Waals surface area contributed by atoms with E-state index >= 15 is 0 Å². The second-order valence-electron chi connectivity index (χ2n) is 4.84. The van der Waals surface area contributed by atoms with Crippen molar-refractivity contribution in [1.29, 1.82) is 0 Å². The number of nitrogens with two attached hydrogens (primary N) is 2. The van der Waals surface area contributed by atoms with E-state index in [1.807, 2.05) is 13.8 Å². The topological polar surface area (TPSA) is 123 Å². The summed E-state index contributed by atoms with van der Waals surface area (Å²) in [6.07, 6.45) is -0.493. The van der Waals surface area contributed by atoms with Gasteiger partial charge in [-0.1, -0.05) is 6.58 Å². The highest BCUT2D eigenvalue weighted by Gasteiger charge is 2.22. The van der Waals surface area contributed by atoms with Crippen molar-refractivity contribution < 1.29 is 14.3 Å². The van der Waals surface area contributed by atoms with Crippen LogP contribution in [0, 0.1) is 0 Å². The minimum atomic E-state index is -0.493. The third kappa shape index (κ3) is 7.19. The van der Waals surface area contributed by atoms with E-state index in [9.17, 15) is 9.59 Å². The number of esters is 1. The Morgan fingerprint density at radius 2 is 1.90 bits per heavy atom. The number of carbonyl (C=O) groups excluding carboxylic acids is 2. The summed E-state index contributed by atoms with van der Waals surface area (Å²) in [5.41, 5.74) is 10.9. The van der Waals surface area contributed by atoms with Crippen LogP contribution in [0.25, 0.3) is 0 Å². The van der Waals surface area contributed by atoms with Crippen LogP contribution in [0.2, 0.25) is 0 Å². The van der Waals surface area contributed by atoms with Crippen molar-refractivity contribution in [3.63, 3.8) is 0 Å². The minimum absolute atomic E-state index is 0.0695. The molecule has 0 heterocycles. The normalized spacial score (nSPS) is 11.5. The van der Waals surface area contributed by atoms with E-state index in [1.54, 1.807) is 13.8 Å². The Hall–Kier alpha value is -2.25. The second kappa shape index (κ2) is 8.83. The third-order valence-electron chi connectivity index (χ3n) is 2.49. The summed E-state index contributed by atoms with van der Waals surface area (Å²) in [5.74, 6) is -0.574. The van der Waals surface area contributed by atoms with Gasteiger partial charge < -0.3 is 26.4 Å². The highest BCUT2D eigenvalue weighted by atomic mass is 16.5. The number of aliphatic imine (C=N–C) groups is 1. The smallest absolute Gasteiger partial charge is 0.333 e. The Morgan fingerprint density at radius 3 is 2.33 bits per heavy atom. The van der Waals surface area contributed by atoms with Crippen molar-refractivity contribution in [3.8, 4) is 0 Å². The predicted molar refractivity (Wildman–Crippen MR) is 81.4 cm³/mol. The maximum Gasteiger partial charge on any atom is 0.333 e. The number of ether oxygens (including phenoxy) is 1. The number of rotatable bonds is 7. The van der Waals surface area contributed by atoms with Gasteiger partial charge in [0.05, 0.1) is 6.54 Å². The van der Waals surface area contributed by atoms with E-state index in [4.69, 9.17) is 16.2 Å². The Morgan fingerprint density at radius 1 is 1.33 bits per heavy atom. The predicted octanol–water partition coefficient (Wildman–Crippen LogP) is 0.145. The zero-order valence-corrected chi connectivity index (χ0v) is 13.0. The van der Waals surface area contributed by atoms with Crippen molar-refractivity contribution >= 4 is 18.0 Å². The first-order valence-electron chi connectivity index (χ1n) is 6.64.